The van der Waals surface area contributed by atoms with Gasteiger partial charge in [-0.15, -0.1) is 10.2 Å². The first-order valence-electron chi connectivity index (χ1n) is 11.2. The van der Waals surface area contributed by atoms with Gasteiger partial charge in [0, 0.05) is 79.3 Å². The number of aryl methyl sites for hydroxylation is 2. The van der Waals surface area contributed by atoms with Gasteiger partial charge in [0.2, 0.25) is 11.8 Å². The zero-order chi connectivity index (χ0) is 22.2. The van der Waals surface area contributed by atoms with Gasteiger partial charge in [0.05, 0.1) is 35.9 Å². The minimum absolute atomic E-state index is 0.121. The quantitative estimate of drug-likeness (QED) is 0.537. The lowest BCUT2D eigenvalue weighted by Crippen LogP contribution is -2.54. The molecule has 0 aromatic carbocycles. The SMILES string of the molecule is Cn1nnc2c1CCN(CC(=O)N1CCN(C(=O)CN3CCc4c(nnn4C)C3)CC1)C2. The average molecular weight is 443 g/mol. The van der Waals surface area contributed by atoms with Crippen molar-refractivity contribution in [3.8, 4) is 0 Å². The number of hydrogen-bond donors (Lipinski definition) is 0. The van der Waals surface area contributed by atoms with Crippen molar-refractivity contribution in [3.63, 3.8) is 0 Å². The highest BCUT2D eigenvalue weighted by Gasteiger charge is 2.29. The molecule has 1 fully saturated rings. The van der Waals surface area contributed by atoms with Crippen LogP contribution in [0.2, 0.25) is 0 Å². The molecule has 3 aliphatic rings. The van der Waals surface area contributed by atoms with Gasteiger partial charge in [-0.3, -0.25) is 28.8 Å². The predicted molar refractivity (Wildman–Crippen MR) is 113 cm³/mol. The molecule has 32 heavy (non-hydrogen) atoms. The fourth-order valence-electron chi connectivity index (χ4n) is 4.86. The molecule has 12 heteroatoms. The molecule has 0 saturated carbocycles. The van der Waals surface area contributed by atoms with Gasteiger partial charge in [-0.05, 0) is 0 Å². The maximum Gasteiger partial charge on any atom is 0.236 e. The molecule has 2 amide bonds. The lowest BCUT2D eigenvalue weighted by atomic mass is 10.1. The Morgan fingerprint density at radius 3 is 1.50 bits per heavy atom. The number of aromatic nitrogens is 6. The van der Waals surface area contributed by atoms with Crippen LogP contribution in [0.4, 0.5) is 0 Å². The van der Waals surface area contributed by atoms with E-state index in [1.807, 2.05) is 33.3 Å². The van der Waals surface area contributed by atoms with Crippen molar-refractivity contribution in [2.45, 2.75) is 25.9 Å². The Kier molecular flexibility index (Phi) is 5.64. The maximum atomic E-state index is 12.8. The van der Waals surface area contributed by atoms with Crippen molar-refractivity contribution < 1.29 is 9.59 Å². The lowest BCUT2D eigenvalue weighted by Gasteiger charge is -2.37. The van der Waals surface area contributed by atoms with Gasteiger partial charge in [0.25, 0.3) is 0 Å². The summed E-state index contributed by atoms with van der Waals surface area (Å²) < 4.78 is 3.64. The van der Waals surface area contributed by atoms with E-state index >= 15 is 0 Å². The van der Waals surface area contributed by atoms with E-state index in [-0.39, 0.29) is 11.8 Å². The molecule has 0 radical (unpaired) electrons. The van der Waals surface area contributed by atoms with Crippen molar-refractivity contribution in [3.05, 3.63) is 22.8 Å². The number of amides is 2. The molecular formula is C20H30N10O2. The first kappa shape index (κ1) is 21.0. The van der Waals surface area contributed by atoms with E-state index in [0.29, 0.717) is 52.4 Å². The molecule has 1 saturated heterocycles. The molecule has 0 aliphatic carbocycles. The van der Waals surface area contributed by atoms with Gasteiger partial charge in [0.15, 0.2) is 0 Å². The Morgan fingerprint density at radius 2 is 1.09 bits per heavy atom. The minimum Gasteiger partial charge on any atom is -0.338 e. The van der Waals surface area contributed by atoms with Gasteiger partial charge in [-0.1, -0.05) is 10.4 Å². The van der Waals surface area contributed by atoms with Crippen LogP contribution in [0.1, 0.15) is 22.8 Å². The molecule has 5 heterocycles. The summed E-state index contributed by atoms with van der Waals surface area (Å²) in [6.07, 6.45) is 1.72. The second-order valence-electron chi connectivity index (χ2n) is 8.90. The molecule has 2 aromatic heterocycles. The molecule has 2 aromatic rings. The topological polar surface area (TPSA) is 109 Å². The van der Waals surface area contributed by atoms with Crippen LogP contribution in [0.25, 0.3) is 0 Å². The molecule has 0 bridgehead atoms. The number of fused-ring (bicyclic) bond motifs is 2. The first-order chi connectivity index (χ1) is 15.5. The standard InChI is InChI=1S/C20H30N10O2/c1-25-17-3-5-27(11-15(17)21-23-25)13-19(31)29-7-9-30(10-8-29)20(32)14-28-6-4-18-16(12-28)22-24-26(18)2/h3-14H2,1-2H3. The van der Waals surface area contributed by atoms with Crippen LogP contribution in [-0.4, -0.2) is 114 Å². The zero-order valence-electron chi connectivity index (χ0n) is 18.8. The van der Waals surface area contributed by atoms with Crippen molar-refractivity contribution in [2.75, 3.05) is 52.4 Å². The second kappa shape index (κ2) is 8.58. The van der Waals surface area contributed by atoms with Crippen LogP contribution in [0.3, 0.4) is 0 Å². The molecule has 172 valence electrons. The number of carbonyl (C=O) groups excluding carboxylic acids is 2. The summed E-state index contributed by atoms with van der Waals surface area (Å²) >= 11 is 0. The van der Waals surface area contributed by atoms with Gasteiger partial charge in [-0.25, -0.2) is 0 Å². The smallest absolute Gasteiger partial charge is 0.236 e. The van der Waals surface area contributed by atoms with Crippen LogP contribution in [0.15, 0.2) is 0 Å². The molecule has 5 rings (SSSR count). The predicted octanol–water partition coefficient (Wildman–Crippen LogP) is -1.97. The molecule has 12 nitrogen and oxygen atoms in total. The highest BCUT2D eigenvalue weighted by atomic mass is 16.2. The van der Waals surface area contributed by atoms with Crippen molar-refractivity contribution in [2.24, 2.45) is 14.1 Å². The number of rotatable bonds is 4. The summed E-state index contributed by atoms with van der Waals surface area (Å²) in [6, 6.07) is 0. The Hall–Kier alpha value is -2.86. The van der Waals surface area contributed by atoms with E-state index in [0.717, 1.165) is 48.7 Å². The van der Waals surface area contributed by atoms with Crippen molar-refractivity contribution >= 4 is 11.8 Å². The summed E-state index contributed by atoms with van der Waals surface area (Å²) in [7, 11) is 3.82. The van der Waals surface area contributed by atoms with Crippen LogP contribution in [-0.2, 0) is 49.6 Å². The van der Waals surface area contributed by atoms with E-state index in [1.54, 1.807) is 0 Å². The highest BCUT2D eigenvalue weighted by Crippen LogP contribution is 2.17. The van der Waals surface area contributed by atoms with Gasteiger partial charge in [0.1, 0.15) is 0 Å². The van der Waals surface area contributed by atoms with E-state index in [2.05, 4.69) is 30.4 Å². The van der Waals surface area contributed by atoms with E-state index < -0.39 is 0 Å². The van der Waals surface area contributed by atoms with Crippen LogP contribution >= 0.6 is 0 Å². The minimum atomic E-state index is 0.121. The summed E-state index contributed by atoms with van der Waals surface area (Å²) in [5.41, 5.74) is 4.25. The van der Waals surface area contributed by atoms with E-state index in [4.69, 9.17) is 0 Å². The fraction of sp³-hybridized carbons (Fsp3) is 0.700. The number of carbonyl (C=O) groups is 2. The third kappa shape index (κ3) is 4.11. The van der Waals surface area contributed by atoms with Gasteiger partial charge < -0.3 is 9.80 Å². The number of hydrogen-bond acceptors (Lipinski definition) is 8. The third-order valence-corrected chi connectivity index (χ3v) is 6.83. The molecule has 0 atom stereocenters. The van der Waals surface area contributed by atoms with Gasteiger partial charge >= 0.3 is 0 Å². The van der Waals surface area contributed by atoms with Gasteiger partial charge in [-0.2, -0.15) is 0 Å². The number of piperazine rings is 1. The van der Waals surface area contributed by atoms with Crippen molar-refractivity contribution in [1.29, 1.82) is 0 Å². The van der Waals surface area contributed by atoms with E-state index in [9.17, 15) is 9.59 Å². The summed E-state index contributed by atoms with van der Waals surface area (Å²) in [6.45, 7) is 6.12. The number of nitrogens with zero attached hydrogens (tertiary/aromatic N) is 10. The Balaban J connectivity index is 1.07. The molecule has 0 unspecified atom stereocenters. The zero-order valence-corrected chi connectivity index (χ0v) is 18.8. The summed E-state index contributed by atoms with van der Waals surface area (Å²) in [5.74, 6) is 0.242. The van der Waals surface area contributed by atoms with Crippen LogP contribution < -0.4 is 0 Å². The van der Waals surface area contributed by atoms with Crippen LogP contribution in [0.5, 0.6) is 0 Å². The average Bonchev–Trinajstić information content (AvgIpc) is 3.36. The molecular weight excluding hydrogens is 412 g/mol. The maximum absolute atomic E-state index is 12.8. The molecule has 0 spiro atoms. The summed E-state index contributed by atoms with van der Waals surface area (Å²) in [5, 5.41) is 16.6. The largest absolute Gasteiger partial charge is 0.338 e. The second-order valence-corrected chi connectivity index (χ2v) is 8.90. The first-order valence-corrected chi connectivity index (χ1v) is 11.2. The molecule has 0 N–H and O–H groups in total. The monoisotopic (exact) mass is 442 g/mol. The third-order valence-electron chi connectivity index (χ3n) is 6.83. The molecule has 3 aliphatic heterocycles. The Bertz CT molecular complexity index is 926. The highest BCUT2D eigenvalue weighted by molar-refractivity contribution is 5.80. The lowest BCUT2D eigenvalue weighted by molar-refractivity contribution is -0.141. The summed E-state index contributed by atoms with van der Waals surface area (Å²) in [4.78, 5) is 33.6. The van der Waals surface area contributed by atoms with Crippen LogP contribution in [0, 0.1) is 0 Å². The Morgan fingerprint density at radius 1 is 0.688 bits per heavy atom. The Labute approximate surface area is 186 Å². The fourth-order valence-corrected chi connectivity index (χ4v) is 4.86. The van der Waals surface area contributed by atoms with E-state index in [1.165, 1.54) is 0 Å². The normalized spacial score (nSPS) is 19.7. The van der Waals surface area contributed by atoms with Crippen molar-refractivity contribution in [1.82, 2.24) is 49.6 Å².